The highest BCUT2D eigenvalue weighted by Crippen LogP contribution is 2.66. The number of allylic oxidation sites excluding steroid dienone is 1. The highest BCUT2D eigenvalue weighted by Gasteiger charge is 2.63. The van der Waals surface area contributed by atoms with E-state index in [0.29, 0.717) is 17.6 Å². The van der Waals surface area contributed by atoms with Crippen LogP contribution in [0.2, 0.25) is 0 Å². The van der Waals surface area contributed by atoms with E-state index >= 15 is 0 Å². The number of aliphatic hydroxyl groups excluding tert-OH is 3. The minimum absolute atomic E-state index is 0.0177. The summed E-state index contributed by atoms with van der Waals surface area (Å²) < 4.78 is 5.80. The molecule has 5 rings (SSSR count). The van der Waals surface area contributed by atoms with Crippen molar-refractivity contribution in [2.45, 2.75) is 78.1 Å². The molecule has 6 nitrogen and oxygen atoms in total. The SMILES string of the molecule is CC1=C(C)C(=O)O[C@@H]([C@@H](CO)C2CCC3C4C(CC[C@@]32C)[C@@]2(C)C(=O)C=C[C@H](O)C2=C[C@H]4O)C1. The van der Waals surface area contributed by atoms with Gasteiger partial charge in [-0.3, -0.25) is 4.79 Å². The van der Waals surface area contributed by atoms with Crippen LogP contribution in [0.5, 0.6) is 0 Å². The van der Waals surface area contributed by atoms with E-state index in [4.69, 9.17) is 4.74 Å². The number of rotatable bonds is 3. The van der Waals surface area contributed by atoms with Gasteiger partial charge in [0, 0.05) is 24.5 Å². The smallest absolute Gasteiger partial charge is 0.333 e. The molecule has 4 aliphatic carbocycles. The van der Waals surface area contributed by atoms with Crippen molar-refractivity contribution in [3.05, 3.63) is 34.9 Å². The van der Waals surface area contributed by atoms with Crippen molar-refractivity contribution in [1.82, 2.24) is 0 Å². The monoisotopic (exact) mass is 470 g/mol. The van der Waals surface area contributed by atoms with Crippen molar-refractivity contribution in [3.8, 4) is 0 Å². The van der Waals surface area contributed by atoms with Gasteiger partial charge in [-0.15, -0.1) is 0 Å². The Kier molecular flexibility index (Phi) is 5.74. The van der Waals surface area contributed by atoms with Crippen LogP contribution < -0.4 is 0 Å². The Morgan fingerprint density at radius 3 is 2.53 bits per heavy atom. The van der Waals surface area contributed by atoms with Crippen LogP contribution in [-0.2, 0) is 14.3 Å². The zero-order valence-electron chi connectivity index (χ0n) is 20.7. The van der Waals surface area contributed by atoms with Gasteiger partial charge in [-0.25, -0.2) is 4.79 Å². The summed E-state index contributed by atoms with van der Waals surface area (Å²) in [5.41, 5.74) is 1.43. The number of esters is 1. The van der Waals surface area contributed by atoms with E-state index in [2.05, 4.69) is 6.92 Å². The van der Waals surface area contributed by atoms with Crippen molar-refractivity contribution in [2.24, 2.45) is 40.4 Å². The molecular weight excluding hydrogens is 432 g/mol. The topological polar surface area (TPSA) is 104 Å². The molecule has 0 aromatic carbocycles. The number of hydrogen-bond acceptors (Lipinski definition) is 6. The molecule has 5 aliphatic rings. The van der Waals surface area contributed by atoms with E-state index < -0.39 is 17.6 Å². The average molecular weight is 471 g/mol. The third-order valence-corrected chi connectivity index (χ3v) is 10.7. The van der Waals surface area contributed by atoms with Crippen LogP contribution in [-0.4, -0.2) is 52.0 Å². The summed E-state index contributed by atoms with van der Waals surface area (Å²) in [6.07, 6.45) is 7.05. The Morgan fingerprint density at radius 1 is 1.12 bits per heavy atom. The Labute approximate surface area is 201 Å². The standard InChI is InChI=1S/C28H38O6/c1-14-11-23(34-26(33)15(14)2)16(13-29)17-5-6-18-25-19(9-10-27(17,18)3)28(4)20(12-22(25)31)21(30)7-8-24(28)32/h7-8,12,16-19,21-23,25,29-31H,5-6,9-11,13H2,1-4H3/t16-,17?,18?,19?,21-,22+,23+,25?,27+,28+/m0/s1. The van der Waals surface area contributed by atoms with Crippen LogP contribution in [0.4, 0.5) is 0 Å². The van der Waals surface area contributed by atoms with Gasteiger partial charge in [0.15, 0.2) is 5.78 Å². The van der Waals surface area contributed by atoms with E-state index in [1.54, 1.807) is 13.0 Å². The molecule has 0 bridgehead atoms. The summed E-state index contributed by atoms with van der Waals surface area (Å²) in [6.45, 7) is 7.95. The quantitative estimate of drug-likeness (QED) is 0.433. The number of aliphatic hydroxyl groups is 3. The van der Waals surface area contributed by atoms with Gasteiger partial charge in [0.2, 0.25) is 0 Å². The number of fused-ring (bicyclic) bond motifs is 5. The minimum atomic E-state index is -0.831. The lowest BCUT2D eigenvalue weighted by molar-refractivity contribution is -0.155. The maximum atomic E-state index is 13.1. The van der Waals surface area contributed by atoms with Crippen molar-refractivity contribution in [2.75, 3.05) is 6.61 Å². The molecule has 1 aliphatic heterocycles. The molecule has 2 saturated carbocycles. The van der Waals surface area contributed by atoms with Crippen molar-refractivity contribution in [3.63, 3.8) is 0 Å². The zero-order valence-corrected chi connectivity index (χ0v) is 20.7. The molecule has 10 atom stereocenters. The van der Waals surface area contributed by atoms with E-state index in [0.717, 1.165) is 31.3 Å². The first kappa shape index (κ1) is 24.0. The molecule has 34 heavy (non-hydrogen) atoms. The van der Waals surface area contributed by atoms with Crippen LogP contribution in [0.1, 0.15) is 59.8 Å². The fourth-order valence-electron chi connectivity index (χ4n) is 8.60. The molecule has 0 aromatic rings. The van der Waals surface area contributed by atoms with Gasteiger partial charge in [-0.2, -0.15) is 0 Å². The number of carbonyl (C=O) groups excluding carboxylic acids is 2. The highest BCUT2D eigenvalue weighted by atomic mass is 16.5. The van der Waals surface area contributed by atoms with Gasteiger partial charge >= 0.3 is 5.97 Å². The summed E-state index contributed by atoms with van der Waals surface area (Å²) >= 11 is 0. The largest absolute Gasteiger partial charge is 0.458 e. The third-order valence-electron chi connectivity index (χ3n) is 10.7. The number of hydrogen-bond donors (Lipinski definition) is 3. The van der Waals surface area contributed by atoms with Crippen LogP contribution in [0, 0.1) is 40.4 Å². The molecule has 2 fully saturated rings. The molecule has 0 saturated heterocycles. The van der Waals surface area contributed by atoms with Gasteiger partial charge in [-0.1, -0.05) is 18.6 Å². The predicted octanol–water partition coefficient (Wildman–Crippen LogP) is 3.11. The van der Waals surface area contributed by atoms with Gasteiger partial charge in [0.1, 0.15) is 6.10 Å². The Bertz CT molecular complexity index is 993. The summed E-state index contributed by atoms with van der Waals surface area (Å²) in [7, 11) is 0. The average Bonchev–Trinajstić information content (AvgIpc) is 3.14. The van der Waals surface area contributed by atoms with E-state index in [1.807, 2.05) is 13.8 Å². The number of ketones is 1. The summed E-state index contributed by atoms with van der Waals surface area (Å²) in [5.74, 6) is -0.150. The van der Waals surface area contributed by atoms with Crippen molar-refractivity contribution in [1.29, 1.82) is 0 Å². The van der Waals surface area contributed by atoms with Crippen LogP contribution in [0.3, 0.4) is 0 Å². The highest BCUT2D eigenvalue weighted by molar-refractivity contribution is 5.99. The Hall–Kier alpha value is -1.76. The Morgan fingerprint density at radius 2 is 1.85 bits per heavy atom. The fourth-order valence-corrected chi connectivity index (χ4v) is 8.60. The fraction of sp³-hybridized carbons (Fsp3) is 0.714. The first-order valence-corrected chi connectivity index (χ1v) is 12.8. The molecule has 186 valence electrons. The second-order valence-corrected chi connectivity index (χ2v) is 11.9. The van der Waals surface area contributed by atoms with Gasteiger partial charge < -0.3 is 20.1 Å². The summed E-state index contributed by atoms with van der Waals surface area (Å²) in [6, 6.07) is 0. The van der Waals surface area contributed by atoms with E-state index in [-0.39, 0.29) is 59.5 Å². The summed E-state index contributed by atoms with van der Waals surface area (Å²) in [5, 5.41) is 32.4. The molecule has 0 aromatic heterocycles. The van der Waals surface area contributed by atoms with Gasteiger partial charge in [-0.05, 0) is 93.3 Å². The van der Waals surface area contributed by atoms with Crippen LogP contribution in [0.25, 0.3) is 0 Å². The molecule has 6 heteroatoms. The molecule has 0 amide bonds. The predicted molar refractivity (Wildman–Crippen MR) is 126 cm³/mol. The molecule has 0 radical (unpaired) electrons. The first-order valence-electron chi connectivity index (χ1n) is 12.8. The van der Waals surface area contributed by atoms with Crippen LogP contribution in [0.15, 0.2) is 34.9 Å². The Balaban J connectivity index is 1.47. The second-order valence-electron chi connectivity index (χ2n) is 11.9. The molecular formula is C28H38O6. The normalized spacial score (nSPS) is 46.9. The van der Waals surface area contributed by atoms with Crippen molar-refractivity contribution >= 4 is 11.8 Å². The zero-order chi connectivity index (χ0) is 24.6. The minimum Gasteiger partial charge on any atom is -0.458 e. The number of carbonyl (C=O) groups is 2. The van der Waals surface area contributed by atoms with Gasteiger partial charge in [0.25, 0.3) is 0 Å². The maximum absolute atomic E-state index is 13.1. The lowest BCUT2D eigenvalue weighted by atomic mass is 9.46. The van der Waals surface area contributed by atoms with Crippen LogP contribution >= 0.6 is 0 Å². The molecule has 3 N–H and O–H groups in total. The second kappa shape index (κ2) is 8.14. The number of ether oxygens (including phenoxy) is 1. The summed E-state index contributed by atoms with van der Waals surface area (Å²) in [4.78, 5) is 25.5. The lowest BCUT2D eigenvalue weighted by Gasteiger charge is -2.58. The molecule has 0 spiro atoms. The molecule has 1 heterocycles. The molecule has 4 unspecified atom stereocenters. The van der Waals surface area contributed by atoms with Gasteiger partial charge in [0.05, 0.1) is 17.6 Å². The lowest BCUT2D eigenvalue weighted by Crippen LogP contribution is -2.58. The van der Waals surface area contributed by atoms with Crippen molar-refractivity contribution < 1.29 is 29.6 Å². The van der Waals surface area contributed by atoms with E-state index in [1.165, 1.54) is 12.2 Å². The third kappa shape index (κ3) is 3.17. The first-order chi connectivity index (χ1) is 16.0. The number of cyclic esters (lactones) is 1. The maximum Gasteiger partial charge on any atom is 0.333 e. The van der Waals surface area contributed by atoms with E-state index in [9.17, 15) is 24.9 Å².